The van der Waals surface area contributed by atoms with Gasteiger partial charge in [0.1, 0.15) is 0 Å². The van der Waals surface area contributed by atoms with Crippen molar-refractivity contribution in [2.45, 2.75) is 13.8 Å². The van der Waals surface area contributed by atoms with Gasteiger partial charge in [0.15, 0.2) is 11.5 Å². The molecular weight excluding hydrogens is 216 g/mol. The number of benzene rings is 2. The number of hydrogen-bond acceptors (Lipinski definition) is 3. The Hall–Kier alpha value is -2.16. The van der Waals surface area contributed by atoms with Gasteiger partial charge >= 0.3 is 0 Å². The molecule has 0 atom stereocenters. The average Bonchev–Trinajstić information content (AvgIpc) is 2.24. The minimum absolute atomic E-state index is 0.296. The van der Waals surface area contributed by atoms with Crippen LogP contribution in [0.4, 0.5) is 0 Å². The van der Waals surface area contributed by atoms with Gasteiger partial charge < -0.3 is 15.3 Å². The Labute approximate surface area is 99.6 Å². The zero-order valence-corrected chi connectivity index (χ0v) is 9.73. The van der Waals surface area contributed by atoms with E-state index < -0.39 is 5.75 Å². The molecule has 2 aromatic carbocycles. The molecule has 88 valence electrons. The van der Waals surface area contributed by atoms with Crippen LogP contribution in [0.3, 0.4) is 0 Å². The van der Waals surface area contributed by atoms with E-state index >= 15 is 0 Å². The molecule has 0 amide bonds. The number of rotatable bonds is 1. The molecule has 0 bridgehead atoms. The molecule has 3 N–H and O–H groups in total. The predicted octanol–water partition coefficient (Wildman–Crippen LogP) is 3.09. The van der Waals surface area contributed by atoms with Crippen molar-refractivity contribution in [1.82, 2.24) is 0 Å². The summed E-state index contributed by atoms with van der Waals surface area (Å²) in [7, 11) is 0. The molecule has 3 nitrogen and oxygen atoms in total. The highest BCUT2D eigenvalue weighted by Gasteiger charge is 2.12. The number of aromatic hydroxyl groups is 3. The van der Waals surface area contributed by atoms with Crippen LogP contribution in [-0.2, 0) is 0 Å². The zero-order valence-electron chi connectivity index (χ0n) is 9.73. The second kappa shape index (κ2) is 4.01. The van der Waals surface area contributed by atoms with Gasteiger partial charge in [0.05, 0.1) is 0 Å². The van der Waals surface area contributed by atoms with Gasteiger partial charge in [-0.05, 0) is 31.5 Å². The van der Waals surface area contributed by atoms with Gasteiger partial charge in [-0.3, -0.25) is 0 Å². The molecule has 3 heteroatoms. The number of phenolic OH excluding ortho intramolecular Hbond substituents is 3. The molecule has 0 saturated heterocycles. The summed E-state index contributed by atoms with van der Waals surface area (Å²) < 4.78 is 0. The molecular formula is C14H14O3. The zero-order chi connectivity index (χ0) is 12.6. The van der Waals surface area contributed by atoms with Crippen LogP contribution in [0.1, 0.15) is 11.1 Å². The van der Waals surface area contributed by atoms with Crippen molar-refractivity contribution < 1.29 is 15.3 Å². The molecule has 0 radical (unpaired) electrons. The Morgan fingerprint density at radius 2 is 1.35 bits per heavy atom. The molecule has 2 aromatic rings. The fraction of sp³-hybridized carbons (Fsp3) is 0.143. The van der Waals surface area contributed by atoms with E-state index in [0.717, 1.165) is 16.7 Å². The summed E-state index contributed by atoms with van der Waals surface area (Å²) in [4.78, 5) is 0. The van der Waals surface area contributed by atoms with Crippen LogP contribution in [0.5, 0.6) is 17.2 Å². The second-order valence-electron chi connectivity index (χ2n) is 4.21. The molecule has 0 aliphatic carbocycles. The fourth-order valence-electron chi connectivity index (χ4n) is 1.93. The first-order chi connectivity index (χ1) is 7.99. The lowest BCUT2D eigenvalue weighted by Crippen LogP contribution is -1.84. The monoisotopic (exact) mass is 230 g/mol. The van der Waals surface area contributed by atoms with Crippen molar-refractivity contribution in [2.24, 2.45) is 0 Å². The van der Waals surface area contributed by atoms with Crippen LogP contribution in [0.2, 0.25) is 0 Å². The lowest BCUT2D eigenvalue weighted by atomic mass is 9.99. The van der Waals surface area contributed by atoms with Gasteiger partial charge in [0.25, 0.3) is 0 Å². The molecule has 0 fully saturated rings. The predicted molar refractivity (Wildman–Crippen MR) is 66.3 cm³/mol. The summed E-state index contributed by atoms with van der Waals surface area (Å²) in [5.74, 6) is -1.10. The Morgan fingerprint density at radius 3 is 1.94 bits per heavy atom. The normalized spacial score (nSPS) is 10.5. The van der Waals surface area contributed by atoms with Crippen LogP contribution in [0.15, 0.2) is 30.3 Å². The van der Waals surface area contributed by atoms with Crippen molar-refractivity contribution in [2.75, 3.05) is 0 Å². The standard InChI is InChI=1S/C14H14O3/c1-8-5-9(2)7-10(6-8)11-3-4-12(15)14(17)13(11)16/h3-7,15-17H,1-2H3. The summed E-state index contributed by atoms with van der Waals surface area (Å²) in [6.07, 6.45) is 0. The van der Waals surface area contributed by atoms with E-state index in [0.29, 0.717) is 5.56 Å². The van der Waals surface area contributed by atoms with Crippen molar-refractivity contribution in [3.8, 4) is 28.4 Å². The lowest BCUT2D eigenvalue weighted by Gasteiger charge is -2.09. The molecule has 0 spiro atoms. The maximum absolute atomic E-state index is 9.80. The van der Waals surface area contributed by atoms with Crippen molar-refractivity contribution >= 4 is 0 Å². The molecule has 2 rings (SSSR count). The number of phenols is 3. The third-order valence-corrected chi connectivity index (χ3v) is 2.66. The maximum Gasteiger partial charge on any atom is 0.200 e. The molecule has 0 aliphatic heterocycles. The summed E-state index contributed by atoms with van der Waals surface area (Å²) in [6, 6.07) is 8.80. The van der Waals surface area contributed by atoms with E-state index in [4.69, 9.17) is 0 Å². The highest BCUT2D eigenvalue weighted by atomic mass is 16.3. The van der Waals surface area contributed by atoms with Crippen molar-refractivity contribution in [3.05, 3.63) is 41.5 Å². The summed E-state index contributed by atoms with van der Waals surface area (Å²) in [6.45, 7) is 3.93. The highest BCUT2D eigenvalue weighted by molar-refractivity contribution is 5.76. The molecule has 0 unspecified atom stereocenters. The van der Waals surface area contributed by atoms with Gasteiger partial charge in [0.2, 0.25) is 5.75 Å². The van der Waals surface area contributed by atoms with Gasteiger partial charge in [-0.2, -0.15) is 0 Å². The largest absolute Gasteiger partial charge is 0.504 e. The van der Waals surface area contributed by atoms with Crippen LogP contribution in [-0.4, -0.2) is 15.3 Å². The Morgan fingerprint density at radius 1 is 0.765 bits per heavy atom. The Balaban J connectivity index is 2.64. The molecule has 17 heavy (non-hydrogen) atoms. The van der Waals surface area contributed by atoms with E-state index in [1.54, 1.807) is 6.07 Å². The van der Waals surface area contributed by atoms with Crippen LogP contribution < -0.4 is 0 Å². The molecule has 0 aromatic heterocycles. The quantitative estimate of drug-likeness (QED) is 0.660. The number of hydrogen-bond donors (Lipinski definition) is 3. The summed E-state index contributed by atoms with van der Waals surface area (Å²) in [5.41, 5.74) is 3.47. The highest BCUT2D eigenvalue weighted by Crippen LogP contribution is 2.42. The Bertz CT molecular complexity index is 554. The van der Waals surface area contributed by atoms with E-state index in [1.165, 1.54) is 6.07 Å². The summed E-state index contributed by atoms with van der Waals surface area (Å²) >= 11 is 0. The summed E-state index contributed by atoms with van der Waals surface area (Å²) in [5, 5.41) is 28.6. The minimum atomic E-state index is -0.485. The topological polar surface area (TPSA) is 60.7 Å². The van der Waals surface area contributed by atoms with Gasteiger partial charge in [0, 0.05) is 5.56 Å². The third-order valence-electron chi connectivity index (χ3n) is 2.66. The average molecular weight is 230 g/mol. The first-order valence-corrected chi connectivity index (χ1v) is 5.31. The van der Waals surface area contributed by atoms with E-state index in [1.807, 2.05) is 32.0 Å². The second-order valence-corrected chi connectivity index (χ2v) is 4.21. The smallest absolute Gasteiger partial charge is 0.200 e. The number of aryl methyl sites for hydroxylation is 2. The molecule has 0 heterocycles. The van der Waals surface area contributed by atoms with Gasteiger partial charge in [-0.15, -0.1) is 0 Å². The van der Waals surface area contributed by atoms with Crippen LogP contribution >= 0.6 is 0 Å². The van der Waals surface area contributed by atoms with Crippen molar-refractivity contribution in [1.29, 1.82) is 0 Å². The third kappa shape index (κ3) is 2.04. The minimum Gasteiger partial charge on any atom is -0.504 e. The lowest BCUT2D eigenvalue weighted by molar-refractivity contribution is 0.369. The van der Waals surface area contributed by atoms with E-state index in [9.17, 15) is 15.3 Å². The van der Waals surface area contributed by atoms with Crippen LogP contribution in [0, 0.1) is 13.8 Å². The first-order valence-electron chi connectivity index (χ1n) is 5.31. The van der Waals surface area contributed by atoms with E-state index in [-0.39, 0.29) is 11.5 Å². The fourth-order valence-corrected chi connectivity index (χ4v) is 1.93. The maximum atomic E-state index is 9.80. The molecule has 0 aliphatic rings. The SMILES string of the molecule is Cc1cc(C)cc(-c2ccc(O)c(O)c2O)c1. The first kappa shape index (κ1) is 11.3. The van der Waals surface area contributed by atoms with Gasteiger partial charge in [-0.1, -0.05) is 29.3 Å². The van der Waals surface area contributed by atoms with Crippen LogP contribution in [0.25, 0.3) is 11.1 Å². The Kier molecular flexibility index (Phi) is 2.68. The van der Waals surface area contributed by atoms with Crippen molar-refractivity contribution in [3.63, 3.8) is 0 Å². The molecule has 0 saturated carbocycles. The van der Waals surface area contributed by atoms with E-state index in [2.05, 4.69) is 0 Å². The van der Waals surface area contributed by atoms with Gasteiger partial charge in [-0.25, -0.2) is 0 Å².